The summed E-state index contributed by atoms with van der Waals surface area (Å²) in [6.45, 7) is 1.13. The number of carbonyl (C=O) groups excluding carboxylic acids is 1. The predicted molar refractivity (Wildman–Crippen MR) is 62.9 cm³/mol. The summed E-state index contributed by atoms with van der Waals surface area (Å²) in [5, 5.41) is 13.4. The zero-order valence-electron chi connectivity index (χ0n) is 9.41. The summed E-state index contributed by atoms with van der Waals surface area (Å²) < 4.78 is 5.26. The number of alkyl halides is 1. The molecule has 0 spiro atoms. The number of halogens is 1. The van der Waals surface area contributed by atoms with Crippen LogP contribution in [0, 0.1) is 5.92 Å². The van der Waals surface area contributed by atoms with Crippen LogP contribution in [0.5, 0.6) is 0 Å². The van der Waals surface area contributed by atoms with Crippen molar-refractivity contribution in [3.8, 4) is 0 Å². The van der Waals surface area contributed by atoms with Crippen molar-refractivity contribution in [1.82, 2.24) is 15.5 Å². The Morgan fingerprint density at radius 3 is 2.94 bits per heavy atom. The molecule has 7 heteroatoms. The summed E-state index contributed by atoms with van der Waals surface area (Å²) in [6, 6.07) is 0.366. The Hall–Kier alpha value is -1.30. The summed E-state index contributed by atoms with van der Waals surface area (Å²) in [5.74, 6) is 1.36. The molecule has 1 aromatic heterocycles. The number of hydrogen-bond donors (Lipinski definition) is 2. The highest BCUT2D eigenvalue weighted by Crippen LogP contribution is 2.28. The maximum Gasteiger partial charge on any atom is 0.315 e. The first-order valence-corrected chi connectivity index (χ1v) is 6.23. The topological polar surface area (TPSA) is 80.0 Å². The van der Waals surface area contributed by atoms with Gasteiger partial charge in [0.25, 0.3) is 0 Å². The third-order valence-electron chi connectivity index (χ3n) is 2.42. The second kappa shape index (κ2) is 5.86. The van der Waals surface area contributed by atoms with Crippen LogP contribution in [0.3, 0.4) is 0 Å². The quantitative estimate of drug-likeness (QED) is 0.558. The standard InChI is InChI=1S/C10H15ClN4O2/c11-4-3-8-14-15-10(17-8)13-6-5-12-9(16)7-1-2-7/h7H,1-6H2,(H,12,16)(H,13,15). The van der Waals surface area contributed by atoms with E-state index in [9.17, 15) is 4.79 Å². The Kier molecular flexibility index (Phi) is 4.19. The third kappa shape index (κ3) is 3.89. The number of nitrogens with zero attached hydrogens (tertiary/aromatic N) is 2. The van der Waals surface area contributed by atoms with Gasteiger partial charge in [0.2, 0.25) is 11.8 Å². The molecule has 0 saturated heterocycles. The highest BCUT2D eigenvalue weighted by Gasteiger charge is 2.28. The van der Waals surface area contributed by atoms with Crippen LogP contribution in [-0.4, -0.2) is 35.1 Å². The molecule has 0 radical (unpaired) electrons. The molecule has 0 aliphatic heterocycles. The maximum absolute atomic E-state index is 11.3. The molecule has 0 atom stereocenters. The molecule has 1 aliphatic carbocycles. The minimum Gasteiger partial charge on any atom is -0.408 e. The van der Waals surface area contributed by atoms with Crippen molar-refractivity contribution < 1.29 is 9.21 Å². The number of nitrogens with one attached hydrogen (secondary N) is 2. The Balaban J connectivity index is 1.61. The fourth-order valence-electron chi connectivity index (χ4n) is 1.35. The number of anilines is 1. The number of amides is 1. The van der Waals surface area contributed by atoms with Gasteiger partial charge in [-0.15, -0.1) is 16.7 Å². The predicted octanol–water partition coefficient (Wildman–Crippen LogP) is 0.789. The second-order valence-corrected chi connectivity index (χ2v) is 4.31. The molecule has 0 unspecified atom stereocenters. The van der Waals surface area contributed by atoms with E-state index in [1.165, 1.54) is 0 Å². The van der Waals surface area contributed by atoms with E-state index in [0.29, 0.717) is 37.3 Å². The van der Waals surface area contributed by atoms with Gasteiger partial charge in [0.1, 0.15) is 0 Å². The molecule has 1 aromatic rings. The van der Waals surface area contributed by atoms with Crippen molar-refractivity contribution in [3.05, 3.63) is 5.89 Å². The van der Waals surface area contributed by atoms with Gasteiger partial charge in [0.05, 0.1) is 0 Å². The minimum absolute atomic E-state index is 0.139. The van der Waals surface area contributed by atoms with E-state index < -0.39 is 0 Å². The Bertz CT molecular complexity index is 378. The lowest BCUT2D eigenvalue weighted by Crippen LogP contribution is -2.29. The van der Waals surface area contributed by atoms with E-state index >= 15 is 0 Å². The Morgan fingerprint density at radius 1 is 1.41 bits per heavy atom. The average molecular weight is 259 g/mol. The van der Waals surface area contributed by atoms with Crippen molar-refractivity contribution in [2.75, 3.05) is 24.3 Å². The molecule has 94 valence electrons. The first kappa shape index (κ1) is 12.2. The van der Waals surface area contributed by atoms with E-state index in [-0.39, 0.29) is 11.8 Å². The number of hydrogen-bond acceptors (Lipinski definition) is 5. The summed E-state index contributed by atoms with van der Waals surface area (Å²) >= 11 is 5.55. The van der Waals surface area contributed by atoms with E-state index in [1.54, 1.807) is 0 Å². The normalized spacial score (nSPS) is 14.6. The van der Waals surface area contributed by atoms with Crippen LogP contribution in [0.4, 0.5) is 6.01 Å². The molecule has 1 fully saturated rings. The molecular formula is C10H15ClN4O2. The second-order valence-electron chi connectivity index (χ2n) is 3.93. The smallest absolute Gasteiger partial charge is 0.315 e. The largest absolute Gasteiger partial charge is 0.408 e. The number of aryl methyl sites for hydroxylation is 1. The SMILES string of the molecule is O=C(NCCNc1nnc(CCCl)o1)C1CC1. The molecule has 2 N–H and O–H groups in total. The molecule has 6 nitrogen and oxygen atoms in total. The highest BCUT2D eigenvalue weighted by atomic mass is 35.5. The van der Waals surface area contributed by atoms with Crippen molar-refractivity contribution in [2.24, 2.45) is 5.92 Å². The molecule has 1 amide bonds. The lowest BCUT2D eigenvalue weighted by Gasteiger charge is -2.03. The van der Waals surface area contributed by atoms with Gasteiger partial charge in [-0.25, -0.2) is 0 Å². The Labute approximate surface area is 104 Å². The van der Waals surface area contributed by atoms with Gasteiger partial charge >= 0.3 is 6.01 Å². The van der Waals surface area contributed by atoms with Gasteiger partial charge in [-0.3, -0.25) is 4.79 Å². The van der Waals surface area contributed by atoms with Gasteiger partial charge in [0.15, 0.2) is 0 Å². The molecule has 1 heterocycles. The van der Waals surface area contributed by atoms with E-state index in [1.807, 2.05) is 0 Å². The van der Waals surface area contributed by atoms with Crippen LogP contribution in [0.25, 0.3) is 0 Å². The third-order valence-corrected chi connectivity index (χ3v) is 2.61. The number of rotatable bonds is 7. The molecule has 1 aliphatic rings. The zero-order chi connectivity index (χ0) is 12.1. The van der Waals surface area contributed by atoms with Crippen LogP contribution in [0.1, 0.15) is 18.7 Å². The molecule has 2 rings (SSSR count). The van der Waals surface area contributed by atoms with Gasteiger partial charge < -0.3 is 15.1 Å². The first-order valence-electron chi connectivity index (χ1n) is 5.69. The monoisotopic (exact) mass is 258 g/mol. The van der Waals surface area contributed by atoms with Gasteiger partial charge in [-0.2, -0.15) is 0 Å². The molecule has 17 heavy (non-hydrogen) atoms. The summed E-state index contributed by atoms with van der Waals surface area (Å²) in [6.07, 6.45) is 2.60. The van der Waals surface area contributed by atoms with Gasteiger partial charge in [-0.05, 0) is 12.8 Å². The van der Waals surface area contributed by atoms with Crippen molar-refractivity contribution >= 4 is 23.5 Å². The lowest BCUT2D eigenvalue weighted by atomic mass is 10.4. The van der Waals surface area contributed by atoms with Crippen LogP contribution >= 0.6 is 11.6 Å². The molecular weight excluding hydrogens is 244 g/mol. The van der Waals surface area contributed by atoms with Gasteiger partial charge in [-0.1, -0.05) is 5.10 Å². The average Bonchev–Trinajstić information content (AvgIpc) is 3.08. The van der Waals surface area contributed by atoms with Gasteiger partial charge in [0, 0.05) is 31.3 Å². The van der Waals surface area contributed by atoms with Crippen LogP contribution in [-0.2, 0) is 11.2 Å². The highest BCUT2D eigenvalue weighted by molar-refractivity contribution is 6.17. The van der Waals surface area contributed by atoms with Crippen molar-refractivity contribution in [3.63, 3.8) is 0 Å². The van der Waals surface area contributed by atoms with E-state index in [0.717, 1.165) is 12.8 Å². The van der Waals surface area contributed by atoms with Crippen molar-refractivity contribution in [2.45, 2.75) is 19.3 Å². The minimum atomic E-state index is 0.139. The Morgan fingerprint density at radius 2 is 2.24 bits per heavy atom. The molecule has 0 aromatic carbocycles. The lowest BCUT2D eigenvalue weighted by molar-refractivity contribution is -0.122. The fraction of sp³-hybridized carbons (Fsp3) is 0.700. The zero-order valence-corrected chi connectivity index (χ0v) is 10.2. The van der Waals surface area contributed by atoms with Crippen molar-refractivity contribution in [1.29, 1.82) is 0 Å². The van der Waals surface area contributed by atoms with Crippen LogP contribution in [0.15, 0.2) is 4.42 Å². The maximum atomic E-state index is 11.3. The summed E-state index contributed by atoms with van der Waals surface area (Å²) in [4.78, 5) is 11.3. The fourth-order valence-corrected chi connectivity index (χ4v) is 1.51. The van der Waals surface area contributed by atoms with Crippen LogP contribution in [0.2, 0.25) is 0 Å². The summed E-state index contributed by atoms with van der Waals surface area (Å²) in [5.41, 5.74) is 0. The van der Waals surface area contributed by atoms with E-state index in [4.69, 9.17) is 16.0 Å². The van der Waals surface area contributed by atoms with Crippen LogP contribution < -0.4 is 10.6 Å². The van der Waals surface area contributed by atoms with E-state index in [2.05, 4.69) is 20.8 Å². The molecule has 0 bridgehead atoms. The summed E-state index contributed by atoms with van der Waals surface area (Å²) in [7, 11) is 0. The molecule has 1 saturated carbocycles. The first-order chi connectivity index (χ1) is 8.29. The number of aromatic nitrogens is 2. The number of carbonyl (C=O) groups is 1.